The van der Waals surface area contributed by atoms with Gasteiger partial charge < -0.3 is 19.8 Å². The van der Waals surface area contributed by atoms with E-state index in [9.17, 15) is 19.8 Å². The Morgan fingerprint density at radius 3 is 2.65 bits per heavy atom. The van der Waals surface area contributed by atoms with Crippen molar-refractivity contribution in [3.8, 4) is 22.6 Å². The summed E-state index contributed by atoms with van der Waals surface area (Å²) in [6.45, 7) is 4.44. The number of unbranched alkanes of at least 4 members (excludes halogenated alkanes) is 2. The van der Waals surface area contributed by atoms with Gasteiger partial charge in [0.05, 0.1) is 18.2 Å². The van der Waals surface area contributed by atoms with Crippen LogP contribution in [0.4, 0.5) is 0 Å². The van der Waals surface area contributed by atoms with Gasteiger partial charge in [-0.25, -0.2) is 4.79 Å². The predicted molar refractivity (Wildman–Crippen MR) is 119 cm³/mol. The maximum absolute atomic E-state index is 13.6. The van der Waals surface area contributed by atoms with E-state index in [4.69, 9.17) is 4.74 Å². The molecule has 1 heterocycles. The van der Waals surface area contributed by atoms with Gasteiger partial charge in [-0.05, 0) is 49.8 Å². The number of hydrogen-bond acceptors (Lipinski definition) is 5. The van der Waals surface area contributed by atoms with E-state index < -0.39 is 17.9 Å². The molecule has 0 spiro atoms. The summed E-state index contributed by atoms with van der Waals surface area (Å²) < 4.78 is 4.88. The van der Waals surface area contributed by atoms with Crippen molar-refractivity contribution in [3.05, 3.63) is 47.0 Å². The Hall–Kier alpha value is -3.02. The number of likely N-dealkylation sites (tertiary alicyclic amines) is 1. The minimum Gasteiger partial charge on any atom is -0.507 e. The van der Waals surface area contributed by atoms with Gasteiger partial charge in [0.15, 0.2) is 0 Å². The number of carbonyl (C=O) groups is 2. The van der Waals surface area contributed by atoms with Gasteiger partial charge in [0, 0.05) is 6.54 Å². The zero-order chi connectivity index (χ0) is 22.5. The molecule has 1 amide bonds. The number of methoxy groups -OCH3 is 1. The molecular formula is C25H31NO5. The number of carbonyl (C=O) groups excluding carboxylic acids is 2. The van der Waals surface area contributed by atoms with Gasteiger partial charge in [0.25, 0.3) is 5.91 Å². The van der Waals surface area contributed by atoms with Gasteiger partial charge in [0.2, 0.25) is 0 Å². The number of nitrogens with zero attached hydrogens (tertiary/aromatic N) is 1. The first-order valence-electron chi connectivity index (χ1n) is 10.9. The molecule has 6 heteroatoms. The summed E-state index contributed by atoms with van der Waals surface area (Å²) >= 11 is 0. The fraction of sp³-hybridized carbons (Fsp3) is 0.440. The molecular weight excluding hydrogens is 394 g/mol. The Morgan fingerprint density at radius 1 is 1.19 bits per heavy atom. The molecule has 1 unspecified atom stereocenters. The molecule has 1 fully saturated rings. The predicted octanol–water partition coefficient (Wildman–Crippen LogP) is 4.58. The van der Waals surface area contributed by atoms with Crippen LogP contribution in [0.5, 0.6) is 11.5 Å². The van der Waals surface area contributed by atoms with Crippen molar-refractivity contribution in [2.75, 3.05) is 13.7 Å². The lowest BCUT2D eigenvalue weighted by Gasteiger charge is -2.25. The molecule has 2 aromatic rings. The maximum atomic E-state index is 13.6. The number of amides is 1. The second kappa shape index (κ2) is 9.86. The number of rotatable bonds is 7. The summed E-state index contributed by atoms with van der Waals surface area (Å²) in [6, 6.07) is 8.34. The molecule has 0 aromatic heterocycles. The van der Waals surface area contributed by atoms with Gasteiger partial charge in [-0.1, -0.05) is 49.6 Å². The number of phenols is 2. The summed E-state index contributed by atoms with van der Waals surface area (Å²) in [5.41, 5.74) is 2.61. The van der Waals surface area contributed by atoms with Crippen LogP contribution >= 0.6 is 0 Å². The van der Waals surface area contributed by atoms with Gasteiger partial charge in [-0.15, -0.1) is 0 Å². The maximum Gasteiger partial charge on any atom is 0.328 e. The molecule has 1 atom stereocenters. The van der Waals surface area contributed by atoms with E-state index in [1.807, 2.05) is 25.1 Å². The molecule has 2 aromatic carbocycles. The molecule has 0 saturated carbocycles. The summed E-state index contributed by atoms with van der Waals surface area (Å²) in [4.78, 5) is 27.3. The minimum atomic E-state index is -0.656. The van der Waals surface area contributed by atoms with Crippen molar-refractivity contribution in [3.63, 3.8) is 0 Å². The lowest BCUT2D eigenvalue weighted by atomic mass is 9.92. The Labute approximate surface area is 183 Å². The molecule has 1 saturated heterocycles. The van der Waals surface area contributed by atoms with Gasteiger partial charge >= 0.3 is 5.97 Å². The van der Waals surface area contributed by atoms with Crippen LogP contribution in [-0.2, 0) is 16.0 Å². The number of aromatic hydroxyl groups is 2. The number of phenolic OH excluding ortho intramolecular Hbond substituents is 2. The molecule has 2 N–H and O–H groups in total. The Kier molecular flexibility index (Phi) is 7.21. The second-order valence-corrected chi connectivity index (χ2v) is 8.16. The highest BCUT2D eigenvalue weighted by Gasteiger charge is 2.37. The average Bonchev–Trinajstić information content (AvgIpc) is 3.23. The first kappa shape index (κ1) is 22.7. The van der Waals surface area contributed by atoms with Crippen LogP contribution in [0.15, 0.2) is 30.3 Å². The molecule has 1 aliphatic heterocycles. The summed E-state index contributed by atoms with van der Waals surface area (Å²) in [5.74, 6) is -1.14. The molecule has 31 heavy (non-hydrogen) atoms. The van der Waals surface area contributed by atoms with Crippen LogP contribution in [0.25, 0.3) is 11.1 Å². The Bertz CT molecular complexity index is 969. The van der Waals surface area contributed by atoms with E-state index in [1.54, 1.807) is 12.1 Å². The zero-order valence-corrected chi connectivity index (χ0v) is 18.5. The highest BCUT2D eigenvalue weighted by atomic mass is 16.5. The molecule has 0 bridgehead atoms. The van der Waals surface area contributed by atoms with Crippen molar-refractivity contribution in [1.29, 1.82) is 0 Å². The van der Waals surface area contributed by atoms with E-state index in [1.165, 1.54) is 12.0 Å². The van der Waals surface area contributed by atoms with E-state index >= 15 is 0 Å². The Balaban J connectivity index is 2.12. The summed E-state index contributed by atoms with van der Waals surface area (Å²) in [5, 5.41) is 22.0. The van der Waals surface area contributed by atoms with E-state index in [0.29, 0.717) is 36.9 Å². The monoisotopic (exact) mass is 425 g/mol. The highest BCUT2D eigenvalue weighted by Crippen LogP contribution is 2.43. The fourth-order valence-corrected chi connectivity index (χ4v) is 4.33. The van der Waals surface area contributed by atoms with Gasteiger partial charge in [0.1, 0.15) is 17.5 Å². The number of aryl methyl sites for hydroxylation is 2. The molecule has 0 aliphatic carbocycles. The van der Waals surface area contributed by atoms with E-state index in [2.05, 4.69) is 6.92 Å². The highest BCUT2D eigenvalue weighted by molar-refractivity contribution is 6.03. The number of esters is 1. The summed E-state index contributed by atoms with van der Waals surface area (Å²) in [7, 11) is 1.31. The quantitative estimate of drug-likeness (QED) is 0.501. The van der Waals surface area contributed by atoms with Crippen LogP contribution < -0.4 is 0 Å². The third-order valence-electron chi connectivity index (χ3n) is 5.92. The van der Waals surface area contributed by atoms with Crippen molar-refractivity contribution >= 4 is 11.9 Å². The summed E-state index contributed by atoms with van der Waals surface area (Å²) in [6.07, 6.45) is 4.61. The van der Waals surface area contributed by atoms with Crippen LogP contribution in [0.3, 0.4) is 0 Å². The average molecular weight is 426 g/mol. The third-order valence-corrected chi connectivity index (χ3v) is 5.92. The van der Waals surface area contributed by atoms with E-state index in [0.717, 1.165) is 24.8 Å². The first-order chi connectivity index (χ1) is 14.9. The van der Waals surface area contributed by atoms with Crippen LogP contribution in [0.2, 0.25) is 0 Å². The van der Waals surface area contributed by atoms with Crippen LogP contribution in [0.1, 0.15) is 60.5 Å². The Morgan fingerprint density at radius 2 is 1.97 bits per heavy atom. The minimum absolute atomic E-state index is 0.0583. The molecule has 6 nitrogen and oxygen atoms in total. The van der Waals surface area contributed by atoms with Crippen molar-refractivity contribution in [2.45, 2.75) is 58.4 Å². The van der Waals surface area contributed by atoms with Crippen molar-refractivity contribution in [2.24, 2.45) is 0 Å². The molecule has 1 aliphatic rings. The molecule has 0 radical (unpaired) electrons. The number of benzene rings is 2. The third kappa shape index (κ3) is 4.68. The van der Waals surface area contributed by atoms with Crippen LogP contribution in [0, 0.1) is 6.92 Å². The lowest BCUT2D eigenvalue weighted by molar-refractivity contribution is -0.145. The second-order valence-electron chi connectivity index (χ2n) is 8.16. The first-order valence-corrected chi connectivity index (χ1v) is 10.9. The molecule has 166 valence electrons. The molecule has 3 rings (SSSR count). The van der Waals surface area contributed by atoms with Crippen LogP contribution in [-0.4, -0.2) is 46.7 Å². The lowest BCUT2D eigenvalue weighted by Crippen LogP contribution is -2.41. The number of ether oxygens (including phenoxy) is 1. The number of hydrogen-bond donors (Lipinski definition) is 2. The van der Waals surface area contributed by atoms with Crippen molar-refractivity contribution in [1.82, 2.24) is 4.90 Å². The topological polar surface area (TPSA) is 87.1 Å². The fourth-order valence-electron chi connectivity index (χ4n) is 4.33. The van der Waals surface area contributed by atoms with Gasteiger partial charge in [-0.2, -0.15) is 0 Å². The normalized spacial score (nSPS) is 15.8. The standard InChI is InChI=1S/C25H31NO5/c1-4-5-6-10-18-15-20(27)21(17-11-7-9-16(2)14-17)23(28)22(18)24(29)26-13-8-12-19(26)25(30)31-3/h7,9,11,14-15,19,27-28H,4-6,8,10,12-13H2,1-3H3. The zero-order valence-electron chi connectivity index (χ0n) is 18.5. The smallest absolute Gasteiger partial charge is 0.328 e. The van der Waals surface area contributed by atoms with Crippen molar-refractivity contribution < 1.29 is 24.5 Å². The largest absolute Gasteiger partial charge is 0.507 e. The van der Waals surface area contributed by atoms with E-state index in [-0.39, 0.29) is 22.6 Å². The van der Waals surface area contributed by atoms with Gasteiger partial charge in [-0.3, -0.25) is 4.79 Å². The SMILES string of the molecule is CCCCCc1cc(O)c(-c2cccc(C)c2)c(O)c1C(=O)N1CCCC1C(=O)OC.